The van der Waals surface area contributed by atoms with Crippen LogP contribution in [0.5, 0.6) is 0 Å². The number of halogens is 1. The molecule has 2 unspecified atom stereocenters. The minimum Gasteiger partial charge on any atom is -0.379 e. The molecular formula is C22H43IN4O3. The zero-order valence-electron chi connectivity index (χ0n) is 19.2. The standard InChI is InChI=1S/C22H42N4O3.HI/c1-18(2)21(25-11-14-27-15-12-25)16-24-22(23-3)26-9-7-19(8-10-26)29-17-20-6-4-5-13-28-20;/h18-21H,4-17H2,1-3H3,(H,23,24);1H. The van der Waals surface area contributed by atoms with Crippen LogP contribution in [0.3, 0.4) is 0 Å². The molecule has 3 aliphatic rings. The molecule has 2 atom stereocenters. The van der Waals surface area contributed by atoms with Gasteiger partial charge in [0.15, 0.2) is 5.96 Å². The lowest BCUT2D eigenvalue weighted by molar-refractivity contribution is -0.0721. The number of nitrogens with one attached hydrogen (secondary N) is 1. The fourth-order valence-electron chi connectivity index (χ4n) is 4.64. The molecule has 3 aliphatic heterocycles. The number of likely N-dealkylation sites (tertiary alicyclic amines) is 1. The predicted octanol–water partition coefficient (Wildman–Crippen LogP) is 2.59. The first-order chi connectivity index (χ1) is 14.2. The van der Waals surface area contributed by atoms with Crippen molar-refractivity contribution in [3.8, 4) is 0 Å². The molecule has 0 aromatic heterocycles. The molecule has 0 aliphatic carbocycles. The molecule has 0 saturated carbocycles. The van der Waals surface area contributed by atoms with Crippen molar-refractivity contribution in [3.05, 3.63) is 0 Å². The van der Waals surface area contributed by atoms with E-state index in [1.165, 1.54) is 12.8 Å². The second-order valence-electron chi connectivity index (χ2n) is 8.90. The third kappa shape index (κ3) is 8.07. The summed E-state index contributed by atoms with van der Waals surface area (Å²) in [6.45, 7) is 12.9. The summed E-state index contributed by atoms with van der Waals surface area (Å²) in [5.74, 6) is 1.62. The molecule has 0 amide bonds. The molecule has 3 heterocycles. The Bertz CT molecular complexity index is 489. The summed E-state index contributed by atoms with van der Waals surface area (Å²) in [5, 5.41) is 3.65. The van der Waals surface area contributed by atoms with Gasteiger partial charge < -0.3 is 24.4 Å². The van der Waals surface area contributed by atoms with Crippen LogP contribution in [0.15, 0.2) is 4.99 Å². The lowest BCUT2D eigenvalue weighted by atomic mass is 10.0. The summed E-state index contributed by atoms with van der Waals surface area (Å²) < 4.78 is 17.5. The highest BCUT2D eigenvalue weighted by Crippen LogP contribution is 2.18. The van der Waals surface area contributed by atoms with E-state index in [4.69, 9.17) is 14.2 Å². The lowest BCUT2D eigenvalue weighted by Gasteiger charge is -2.39. The van der Waals surface area contributed by atoms with E-state index in [0.717, 1.165) is 84.4 Å². The number of ether oxygens (including phenoxy) is 3. The quantitative estimate of drug-likeness (QED) is 0.306. The van der Waals surface area contributed by atoms with Crippen molar-refractivity contribution in [2.75, 3.05) is 66.2 Å². The molecule has 3 fully saturated rings. The van der Waals surface area contributed by atoms with E-state index in [2.05, 4.69) is 34.0 Å². The van der Waals surface area contributed by atoms with E-state index in [1.807, 2.05) is 7.05 Å². The molecule has 3 rings (SSSR count). The number of morpholine rings is 1. The van der Waals surface area contributed by atoms with Gasteiger partial charge in [0.1, 0.15) is 0 Å². The predicted molar refractivity (Wildman–Crippen MR) is 132 cm³/mol. The number of hydrogen-bond acceptors (Lipinski definition) is 5. The Morgan fingerprint density at radius 2 is 1.80 bits per heavy atom. The number of hydrogen-bond donors (Lipinski definition) is 1. The van der Waals surface area contributed by atoms with Crippen LogP contribution in [-0.2, 0) is 14.2 Å². The highest BCUT2D eigenvalue weighted by Gasteiger charge is 2.27. The number of guanidine groups is 1. The summed E-state index contributed by atoms with van der Waals surface area (Å²) in [6.07, 6.45) is 6.40. The van der Waals surface area contributed by atoms with E-state index in [0.29, 0.717) is 24.2 Å². The zero-order chi connectivity index (χ0) is 20.5. The Balaban J connectivity index is 0.00000320. The van der Waals surface area contributed by atoms with Gasteiger partial charge in [0, 0.05) is 52.4 Å². The van der Waals surface area contributed by atoms with Gasteiger partial charge in [-0.2, -0.15) is 0 Å². The first-order valence-electron chi connectivity index (χ1n) is 11.7. The minimum atomic E-state index is 0. The van der Waals surface area contributed by atoms with Crippen LogP contribution in [0.1, 0.15) is 46.0 Å². The maximum Gasteiger partial charge on any atom is 0.193 e. The van der Waals surface area contributed by atoms with E-state index in [1.54, 1.807) is 0 Å². The van der Waals surface area contributed by atoms with Gasteiger partial charge in [-0.3, -0.25) is 9.89 Å². The molecule has 1 N–H and O–H groups in total. The lowest BCUT2D eigenvalue weighted by Crippen LogP contribution is -2.54. The fraction of sp³-hybridized carbons (Fsp3) is 0.955. The largest absolute Gasteiger partial charge is 0.379 e. The van der Waals surface area contributed by atoms with E-state index < -0.39 is 0 Å². The molecule has 0 spiro atoms. The van der Waals surface area contributed by atoms with Crippen LogP contribution in [0.2, 0.25) is 0 Å². The third-order valence-electron chi connectivity index (χ3n) is 6.50. The van der Waals surface area contributed by atoms with Gasteiger partial charge in [0.05, 0.1) is 32.0 Å². The van der Waals surface area contributed by atoms with Crippen molar-refractivity contribution in [3.63, 3.8) is 0 Å². The topological polar surface area (TPSA) is 58.6 Å². The molecule has 30 heavy (non-hydrogen) atoms. The molecule has 0 aromatic rings. The summed E-state index contributed by atoms with van der Waals surface area (Å²) in [4.78, 5) is 9.50. The first kappa shape index (κ1) is 26.1. The van der Waals surface area contributed by atoms with Crippen LogP contribution in [0.4, 0.5) is 0 Å². The van der Waals surface area contributed by atoms with Crippen LogP contribution in [-0.4, -0.2) is 100 Å². The van der Waals surface area contributed by atoms with E-state index >= 15 is 0 Å². The van der Waals surface area contributed by atoms with Gasteiger partial charge in [-0.1, -0.05) is 13.8 Å². The monoisotopic (exact) mass is 538 g/mol. The summed E-state index contributed by atoms with van der Waals surface area (Å²) in [5.41, 5.74) is 0. The van der Waals surface area contributed by atoms with Gasteiger partial charge in [-0.05, 0) is 38.0 Å². The molecule has 176 valence electrons. The average Bonchev–Trinajstić information content (AvgIpc) is 2.77. The van der Waals surface area contributed by atoms with Gasteiger partial charge in [-0.25, -0.2) is 0 Å². The van der Waals surface area contributed by atoms with Crippen LogP contribution < -0.4 is 5.32 Å². The van der Waals surface area contributed by atoms with E-state index in [-0.39, 0.29) is 24.0 Å². The van der Waals surface area contributed by atoms with Crippen molar-refractivity contribution in [1.29, 1.82) is 0 Å². The van der Waals surface area contributed by atoms with Gasteiger partial charge in [0.2, 0.25) is 0 Å². The Morgan fingerprint density at radius 1 is 1.07 bits per heavy atom. The Labute approximate surface area is 200 Å². The number of aliphatic imine (C=N–C) groups is 1. The molecule has 8 heteroatoms. The molecule has 0 radical (unpaired) electrons. The Hall–Kier alpha value is -0.160. The van der Waals surface area contributed by atoms with Gasteiger partial charge in [0.25, 0.3) is 0 Å². The average molecular weight is 539 g/mol. The van der Waals surface area contributed by atoms with E-state index in [9.17, 15) is 0 Å². The molecular weight excluding hydrogens is 495 g/mol. The molecule has 7 nitrogen and oxygen atoms in total. The second kappa shape index (κ2) is 14.1. The summed E-state index contributed by atoms with van der Waals surface area (Å²) >= 11 is 0. The number of nitrogens with zero attached hydrogens (tertiary/aromatic N) is 3. The zero-order valence-corrected chi connectivity index (χ0v) is 21.5. The van der Waals surface area contributed by atoms with Crippen molar-refractivity contribution < 1.29 is 14.2 Å². The summed E-state index contributed by atoms with van der Waals surface area (Å²) in [7, 11) is 1.89. The normalized spacial score (nSPS) is 25.8. The highest BCUT2D eigenvalue weighted by molar-refractivity contribution is 14.0. The van der Waals surface area contributed by atoms with Gasteiger partial charge in [-0.15, -0.1) is 24.0 Å². The minimum absolute atomic E-state index is 0. The molecule has 3 saturated heterocycles. The first-order valence-corrected chi connectivity index (χ1v) is 11.7. The Kier molecular flexibility index (Phi) is 12.2. The molecule has 0 bridgehead atoms. The van der Waals surface area contributed by atoms with Crippen molar-refractivity contribution in [2.45, 2.75) is 64.2 Å². The maximum absolute atomic E-state index is 6.16. The fourth-order valence-corrected chi connectivity index (χ4v) is 4.64. The Morgan fingerprint density at radius 3 is 2.40 bits per heavy atom. The number of piperidine rings is 1. The highest BCUT2D eigenvalue weighted by atomic mass is 127. The van der Waals surface area contributed by atoms with Crippen molar-refractivity contribution in [1.82, 2.24) is 15.1 Å². The van der Waals surface area contributed by atoms with Crippen LogP contribution in [0.25, 0.3) is 0 Å². The smallest absolute Gasteiger partial charge is 0.193 e. The van der Waals surface area contributed by atoms with Crippen LogP contribution >= 0.6 is 24.0 Å². The van der Waals surface area contributed by atoms with Crippen molar-refractivity contribution >= 4 is 29.9 Å². The molecule has 0 aromatic carbocycles. The summed E-state index contributed by atoms with van der Waals surface area (Å²) in [6, 6.07) is 0.506. The second-order valence-corrected chi connectivity index (χ2v) is 8.90. The van der Waals surface area contributed by atoms with Crippen molar-refractivity contribution in [2.24, 2.45) is 10.9 Å². The third-order valence-corrected chi connectivity index (χ3v) is 6.50. The number of rotatable bonds is 7. The SMILES string of the molecule is CN=C(NCC(C(C)C)N1CCOCC1)N1CCC(OCC2CCCCO2)CC1.I. The van der Waals surface area contributed by atoms with Crippen LogP contribution in [0, 0.1) is 5.92 Å². The van der Waals surface area contributed by atoms with Gasteiger partial charge >= 0.3 is 0 Å². The maximum atomic E-state index is 6.16.